The van der Waals surface area contributed by atoms with Crippen LogP contribution in [0.25, 0.3) is 0 Å². The van der Waals surface area contributed by atoms with Crippen molar-refractivity contribution in [2.24, 2.45) is 0 Å². The molecule has 13 heteroatoms. The Hall–Kier alpha value is -3.71. The van der Waals surface area contributed by atoms with E-state index in [0.29, 0.717) is 47.8 Å². The third-order valence-electron chi connectivity index (χ3n) is 7.94. The van der Waals surface area contributed by atoms with E-state index >= 15 is 0 Å². The minimum atomic E-state index is -1.32. The van der Waals surface area contributed by atoms with E-state index in [-0.39, 0.29) is 31.6 Å². The number of carbonyl (C=O) groups is 3. The van der Waals surface area contributed by atoms with Crippen molar-refractivity contribution in [2.45, 2.75) is 96.9 Å². The number of hydrogen-bond acceptors (Lipinski definition) is 7. The standard InChI is InChI=1S/C35H48ClN5O6Si/c1-35(2,3)47-34(45)39-20-24-11-12-28(36)17-26(24)21-38-32(43)29-10-8-14-41(29)33(44)30-18-27(31(42)25-9-7-13-37-19-25)22-40(30)23-46-15-16-48(4,5)6/h7,9,11-13,17-19,22,29,31,42H,8,10,14-16,20-21,23H2,1-6H3,(H,38,43)(H,39,45)/t29-,31?/m0/s1. The highest BCUT2D eigenvalue weighted by atomic mass is 35.5. The molecule has 0 bridgehead atoms. The molecule has 3 amide bonds. The minimum Gasteiger partial charge on any atom is -0.444 e. The van der Waals surface area contributed by atoms with Gasteiger partial charge in [-0.25, -0.2) is 4.79 Å². The number of pyridine rings is 1. The average Bonchev–Trinajstić information content (AvgIpc) is 3.68. The number of alkyl carbamates (subject to hydrolysis) is 1. The topological polar surface area (TPSA) is 135 Å². The first-order valence-corrected chi connectivity index (χ1v) is 20.4. The molecule has 3 heterocycles. The summed E-state index contributed by atoms with van der Waals surface area (Å²) in [5.41, 5.74) is 2.36. The Morgan fingerprint density at radius 3 is 2.52 bits per heavy atom. The highest BCUT2D eigenvalue weighted by molar-refractivity contribution is 6.76. The van der Waals surface area contributed by atoms with E-state index in [1.54, 1.807) is 85.2 Å². The normalized spacial score (nSPS) is 15.7. The summed E-state index contributed by atoms with van der Waals surface area (Å²) in [4.78, 5) is 45.6. The number of rotatable bonds is 13. The second-order valence-electron chi connectivity index (χ2n) is 14.3. The first kappa shape index (κ1) is 37.1. The van der Waals surface area contributed by atoms with Gasteiger partial charge in [-0.15, -0.1) is 0 Å². The number of aliphatic hydroxyl groups is 1. The summed E-state index contributed by atoms with van der Waals surface area (Å²) in [5, 5.41) is 17.3. The van der Waals surface area contributed by atoms with Gasteiger partial charge in [0.25, 0.3) is 5.91 Å². The Labute approximate surface area is 289 Å². The maximum Gasteiger partial charge on any atom is 0.407 e. The van der Waals surface area contributed by atoms with Crippen molar-refractivity contribution in [1.82, 2.24) is 25.1 Å². The summed E-state index contributed by atoms with van der Waals surface area (Å²) in [5.74, 6) is -0.594. The summed E-state index contributed by atoms with van der Waals surface area (Å²) in [7, 11) is -1.32. The van der Waals surface area contributed by atoms with Gasteiger partial charge in [-0.05, 0) is 75.0 Å². The molecule has 0 saturated carbocycles. The molecular formula is C35H48ClN5O6Si. The van der Waals surface area contributed by atoms with Crippen LogP contribution >= 0.6 is 11.6 Å². The maximum atomic E-state index is 14.1. The molecule has 1 fully saturated rings. The Balaban J connectivity index is 1.48. The zero-order valence-electron chi connectivity index (χ0n) is 28.7. The molecule has 1 saturated heterocycles. The summed E-state index contributed by atoms with van der Waals surface area (Å²) in [6.45, 7) is 13.7. The number of nitrogens with zero attached hydrogens (tertiary/aromatic N) is 3. The van der Waals surface area contributed by atoms with Crippen molar-refractivity contribution in [3.8, 4) is 0 Å². The van der Waals surface area contributed by atoms with Crippen LogP contribution in [0.4, 0.5) is 4.79 Å². The fraction of sp³-hybridized carbons (Fsp3) is 0.486. The van der Waals surface area contributed by atoms with E-state index in [1.807, 2.05) is 0 Å². The van der Waals surface area contributed by atoms with Gasteiger partial charge < -0.3 is 34.7 Å². The number of amides is 3. The first-order valence-electron chi connectivity index (χ1n) is 16.3. The second-order valence-corrected chi connectivity index (χ2v) is 20.4. The van der Waals surface area contributed by atoms with Crippen molar-refractivity contribution in [3.05, 3.63) is 88.0 Å². The Morgan fingerprint density at radius 1 is 1.08 bits per heavy atom. The van der Waals surface area contributed by atoms with Crippen LogP contribution in [0.1, 0.15) is 72.5 Å². The van der Waals surface area contributed by atoms with Crippen LogP contribution in [0, 0.1) is 0 Å². The van der Waals surface area contributed by atoms with Crippen molar-refractivity contribution in [3.63, 3.8) is 0 Å². The molecule has 1 aliphatic rings. The average molecular weight is 698 g/mol. The number of aromatic nitrogens is 2. The summed E-state index contributed by atoms with van der Waals surface area (Å²) < 4.78 is 13.0. The van der Waals surface area contributed by atoms with Gasteiger partial charge in [0, 0.05) is 69.1 Å². The molecule has 1 unspecified atom stereocenters. The molecule has 0 radical (unpaired) electrons. The van der Waals surface area contributed by atoms with Crippen LogP contribution < -0.4 is 10.6 Å². The van der Waals surface area contributed by atoms with E-state index in [1.165, 1.54) is 0 Å². The molecule has 3 N–H and O–H groups in total. The van der Waals surface area contributed by atoms with Crippen LogP contribution in [-0.2, 0) is 34.1 Å². The van der Waals surface area contributed by atoms with Gasteiger partial charge in [0.1, 0.15) is 30.2 Å². The second kappa shape index (κ2) is 16.1. The first-order chi connectivity index (χ1) is 22.6. The Bertz CT molecular complexity index is 1570. The Kier molecular flexibility index (Phi) is 12.5. The fourth-order valence-electron chi connectivity index (χ4n) is 5.38. The zero-order chi connectivity index (χ0) is 35.1. The third-order valence-corrected chi connectivity index (χ3v) is 9.88. The minimum absolute atomic E-state index is 0.144. The predicted octanol–water partition coefficient (Wildman–Crippen LogP) is 5.88. The number of carbonyl (C=O) groups excluding carboxylic acids is 3. The van der Waals surface area contributed by atoms with Crippen LogP contribution in [0.2, 0.25) is 30.7 Å². The molecular weight excluding hydrogens is 650 g/mol. The summed E-state index contributed by atoms with van der Waals surface area (Å²) in [6, 6.07) is 10.8. The predicted molar refractivity (Wildman–Crippen MR) is 187 cm³/mol. The molecule has 1 aliphatic heterocycles. The van der Waals surface area contributed by atoms with Crippen molar-refractivity contribution < 1.29 is 29.0 Å². The molecule has 260 valence electrons. The summed E-state index contributed by atoms with van der Waals surface area (Å²) >= 11 is 6.28. The van der Waals surface area contributed by atoms with Crippen LogP contribution in [-0.4, -0.2) is 70.3 Å². The Morgan fingerprint density at radius 2 is 1.83 bits per heavy atom. The monoisotopic (exact) mass is 697 g/mol. The molecule has 1 aromatic carbocycles. The molecule has 11 nitrogen and oxygen atoms in total. The van der Waals surface area contributed by atoms with E-state index in [0.717, 1.165) is 17.2 Å². The number of likely N-dealkylation sites (tertiary alicyclic amines) is 1. The lowest BCUT2D eigenvalue weighted by Gasteiger charge is -2.25. The lowest BCUT2D eigenvalue weighted by molar-refractivity contribution is -0.125. The molecule has 3 aromatic rings. The van der Waals surface area contributed by atoms with Crippen molar-refractivity contribution in [1.29, 1.82) is 0 Å². The van der Waals surface area contributed by atoms with Crippen LogP contribution in [0.5, 0.6) is 0 Å². The van der Waals surface area contributed by atoms with Crippen molar-refractivity contribution in [2.75, 3.05) is 13.2 Å². The number of benzene rings is 1. The van der Waals surface area contributed by atoms with Gasteiger partial charge in [-0.2, -0.15) is 0 Å². The number of hydrogen-bond donors (Lipinski definition) is 3. The largest absolute Gasteiger partial charge is 0.444 e. The molecule has 0 aliphatic carbocycles. The van der Waals surface area contributed by atoms with Crippen LogP contribution in [0.3, 0.4) is 0 Å². The fourth-order valence-corrected chi connectivity index (χ4v) is 6.33. The zero-order valence-corrected chi connectivity index (χ0v) is 30.5. The lowest BCUT2D eigenvalue weighted by atomic mass is 10.1. The molecule has 2 atom stereocenters. The van der Waals surface area contributed by atoms with Gasteiger partial charge in [-0.3, -0.25) is 14.6 Å². The quantitative estimate of drug-likeness (QED) is 0.150. The van der Waals surface area contributed by atoms with E-state index in [4.69, 9.17) is 21.1 Å². The number of ether oxygens (including phenoxy) is 2. The molecule has 2 aromatic heterocycles. The number of halogens is 1. The van der Waals surface area contributed by atoms with Gasteiger partial charge in [0.15, 0.2) is 0 Å². The van der Waals surface area contributed by atoms with Gasteiger partial charge in [0.05, 0.1) is 0 Å². The van der Waals surface area contributed by atoms with E-state index < -0.39 is 31.9 Å². The molecule has 0 spiro atoms. The van der Waals surface area contributed by atoms with Gasteiger partial charge in [0.2, 0.25) is 5.91 Å². The lowest BCUT2D eigenvalue weighted by Crippen LogP contribution is -2.46. The SMILES string of the molecule is CC(C)(C)OC(=O)NCc1ccc(Cl)cc1CNC(=O)[C@@H]1CCCN1C(=O)c1cc(C(O)c2cccnc2)cn1COCC[Si](C)(C)C. The number of aliphatic hydroxyl groups excluding tert-OH is 1. The highest BCUT2D eigenvalue weighted by Gasteiger charge is 2.36. The summed E-state index contributed by atoms with van der Waals surface area (Å²) in [6.07, 6.45) is 4.61. The third kappa shape index (κ3) is 10.6. The van der Waals surface area contributed by atoms with Crippen molar-refractivity contribution >= 4 is 37.6 Å². The molecule has 4 rings (SSSR count). The van der Waals surface area contributed by atoms with Gasteiger partial charge in [-0.1, -0.05) is 43.4 Å². The number of nitrogens with one attached hydrogen (secondary N) is 2. The highest BCUT2D eigenvalue weighted by Crippen LogP contribution is 2.27. The smallest absolute Gasteiger partial charge is 0.407 e. The van der Waals surface area contributed by atoms with Gasteiger partial charge >= 0.3 is 6.09 Å². The van der Waals surface area contributed by atoms with E-state index in [9.17, 15) is 19.5 Å². The molecule has 48 heavy (non-hydrogen) atoms. The van der Waals surface area contributed by atoms with Crippen LogP contribution in [0.15, 0.2) is 55.0 Å². The maximum absolute atomic E-state index is 14.1. The van der Waals surface area contributed by atoms with E-state index in [2.05, 4.69) is 35.3 Å².